The maximum absolute atomic E-state index is 10.5. The molecule has 0 unspecified atom stereocenters. The third kappa shape index (κ3) is 1.94. The van der Waals surface area contributed by atoms with Gasteiger partial charge in [-0.15, -0.1) is 12.4 Å². The lowest BCUT2D eigenvalue weighted by Gasteiger charge is -1.91. The van der Waals surface area contributed by atoms with E-state index in [-0.39, 0.29) is 24.1 Å². The minimum absolute atomic E-state index is 0. The van der Waals surface area contributed by atoms with Crippen LogP contribution >= 0.6 is 12.4 Å². The largest absolute Gasteiger partial charge is 0.368 e. The van der Waals surface area contributed by atoms with Crippen LogP contribution in [0.25, 0.3) is 10.9 Å². The molecule has 0 radical (unpaired) electrons. The number of nitrogen functional groups attached to an aromatic ring is 1. The Kier molecular flexibility index (Phi) is 3.09. The molecule has 0 saturated carbocycles. The van der Waals surface area contributed by atoms with Crippen molar-refractivity contribution in [2.45, 2.75) is 0 Å². The Balaban J connectivity index is 0.00000128. The van der Waals surface area contributed by atoms with Crippen LogP contribution in [-0.4, -0.2) is 20.7 Å². The topological polar surface area (TPSA) is 111 Å². The Labute approximate surface area is 95.9 Å². The predicted molar refractivity (Wildman–Crippen MR) is 60.9 cm³/mol. The molecular weight excluding hydrogens is 234 g/mol. The lowest BCUT2D eigenvalue weighted by Crippen LogP contribution is -2.20. The molecule has 2 aromatic rings. The number of nitro groups is 1. The summed E-state index contributed by atoms with van der Waals surface area (Å²) in [7, 11) is 0. The van der Waals surface area contributed by atoms with Gasteiger partial charge in [-0.3, -0.25) is 15.5 Å². The molecule has 0 aliphatic carbocycles. The first-order chi connectivity index (χ1) is 7.08. The van der Waals surface area contributed by atoms with Crippen LogP contribution in [-0.2, 0) is 0 Å². The van der Waals surface area contributed by atoms with Crippen LogP contribution in [0.15, 0.2) is 24.4 Å². The first-order valence-electron chi connectivity index (χ1n) is 4.06. The smallest absolute Gasteiger partial charge is 0.270 e. The summed E-state index contributed by atoms with van der Waals surface area (Å²) in [6.45, 7) is 0. The summed E-state index contributed by atoms with van der Waals surface area (Å²) in [4.78, 5) is 10.0. The average Bonchev–Trinajstić information content (AvgIpc) is 2.59. The van der Waals surface area contributed by atoms with Crippen LogP contribution in [0.2, 0.25) is 0 Å². The van der Waals surface area contributed by atoms with Crippen LogP contribution in [0, 0.1) is 15.5 Å². The zero-order valence-electron chi connectivity index (χ0n) is 7.95. The number of hydrogen-bond acceptors (Lipinski definition) is 4. The van der Waals surface area contributed by atoms with Gasteiger partial charge in [-0.1, -0.05) is 0 Å². The Hall–Kier alpha value is -2.15. The van der Waals surface area contributed by atoms with E-state index in [1.54, 1.807) is 0 Å². The van der Waals surface area contributed by atoms with Gasteiger partial charge in [0.2, 0.25) is 5.96 Å². The average molecular weight is 242 g/mol. The van der Waals surface area contributed by atoms with E-state index < -0.39 is 4.92 Å². The Morgan fingerprint density at radius 1 is 1.56 bits per heavy atom. The Morgan fingerprint density at radius 3 is 2.81 bits per heavy atom. The van der Waals surface area contributed by atoms with Gasteiger partial charge in [0.15, 0.2) is 0 Å². The number of rotatable bonds is 1. The summed E-state index contributed by atoms with van der Waals surface area (Å²) >= 11 is 0. The molecule has 0 fully saturated rings. The SMILES string of the molecule is Cl.N=C(N)n1cc2cc([N+](=O)[O-])ccc2n1. The van der Waals surface area contributed by atoms with E-state index >= 15 is 0 Å². The molecule has 84 valence electrons. The second-order valence-electron chi connectivity index (χ2n) is 2.96. The molecule has 0 spiro atoms. The zero-order chi connectivity index (χ0) is 11.0. The van der Waals surface area contributed by atoms with Gasteiger partial charge in [0.25, 0.3) is 5.69 Å². The first kappa shape index (κ1) is 11.9. The van der Waals surface area contributed by atoms with Gasteiger partial charge in [0.05, 0.1) is 10.4 Å². The number of nitrogens with zero attached hydrogens (tertiary/aromatic N) is 3. The van der Waals surface area contributed by atoms with Crippen LogP contribution in [0.3, 0.4) is 0 Å². The Morgan fingerprint density at radius 2 is 2.25 bits per heavy atom. The molecule has 0 amide bonds. The second-order valence-corrected chi connectivity index (χ2v) is 2.96. The molecule has 0 atom stereocenters. The molecule has 1 aromatic heterocycles. The number of fused-ring (bicyclic) bond motifs is 1. The fraction of sp³-hybridized carbons (Fsp3) is 0. The minimum atomic E-state index is -0.482. The van der Waals surface area contributed by atoms with Crippen molar-refractivity contribution in [3.8, 4) is 0 Å². The standard InChI is InChI=1S/C8H7N5O2.ClH/c9-8(10)12-4-5-3-6(13(14)15)1-2-7(5)11-12;/h1-4H,(H3,9,10);1H. The number of nitrogens with one attached hydrogen (secondary N) is 1. The van der Waals surface area contributed by atoms with Crippen LogP contribution in [0.5, 0.6) is 0 Å². The molecule has 3 N–H and O–H groups in total. The molecule has 0 aliphatic heterocycles. The number of nitro benzene ring substituents is 1. The molecule has 2 rings (SSSR count). The fourth-order valence-corrected chi connectivity index (χ4v) is 1.25. The summed E-state index contributed by atoms with van der Waals surface area (Å²) in [5.74, 6) is -0.228. The maximum Gasteiger partial charge on any atom is 0.270 e. The number of nitrogens with two attached hydrogens (primary N) is 1. The second kappa shape index (κ2) is 4.15. The summed E-state index contributed by atoms with van der Waals surface area (Å²) in [6.07, 6.45) is 1.48. The van der Waals surface area contributed by atoms with E-state index in [1.165, 1.54) is 24.4 Å². The lowest BCUT2D eigenvalue weighted by atomic mass is 10.2. The normalized spacial score (nSPS) is 9.75. The highest BCUT2D eigenvalue weighted by atomic mass is 35.5. The summed E-state index contributed by atoms with van der Waals surface area (Å²) in [5, 5.41) is 22.2. The molecule has 0 bridgehead atoms. The molecule has 16 heavy (non-hydrogen) atoms. The highest BCUT2D eigenvalue weighted by Crippen LogP contribution is 2.19. The van der Waals surface area contributed by atoms with E-state index in [1.807, 2.05) is 0 Å². The molecule has 8 heteroatoms. The molecule has 7 nitrogen and oxygen atoms in total. The van der Waals surface area contributed by atoms with E-state index in [9.17, 15) is 10.1 Å². The van der Waals surface area contributed by atoms with Crippen molar-refractivity contribution in [3.05, 3.63) is 34.5 Å². The van der Waals surface area contributed by atoms with E-state index in [4.69, 9.17) is 11.1 Å². The van der Waals surface area contributed by atoms with Gasteiger partial charge >= 0.3 is 0 Å². The minimum Gasteiger partial charge on any atom is -0.368 e. The summed E-state index contributed by atoms with van der Waals surface area (Å²) in [5.41, 5.74) is 5.78. The molecular formula is C8H8ClN5O2. The lowest BCUT2D eigenvalue weighted by molar-refractivity contribution is -0.384. The number of halogens is 1. The van der Waals surface area contributed by atoms with Crippen molar-refractivity contribution in [2.75, 3.05) is 0 Å². The quantitative estimate of drug-likeness (QED) is 0.337. The zero-order valence-corrected chi connectivity index (χ0v) is 8.77. The van der Waals surface area contributed by atoms with E-state index in [0.717, 1.165) is 4.68 Å². The molecule has 1 aromatic carbocycles. The van der Waals surface area contributed by atoms with E-state index in [2.05, 4.69) is 5.10 Å². The predicted octanol–water partition coefficient (Wildman–Crippen LogP) is 1.11. The van der Waals surface area contributed by atoms with Gasteiger partial charge in [-0.05, 0) is 6.07 Å². The van der Waals surface area contributed by atoms with Gasteiger partial charge in [-0.2, -0.15) is 5.10 Å². The molecule has 0 saturated heterocycles. The maximum atomic E-state index is 10.5. The fourth-order valence-electron chi connectivity index (χ4n) is 1.25. The third-order valence-electron chi connectivity index (χ3n) is 1.95. The first-order valence-corrected chi connectivity index (χ1v) is 4.06. The summed E-state index contributed by atoms with van der Waals surface area (Å²) < 4.78 is 1.16. The van der Waals surface area contributed by atoms with Crippen molar-refractivity contribution in [1.82, 2.24) is 9.78 Å². The van der Waals surface area contributed by atoms with Crippen LogP contribution in [0.4, 0.5) is 5.69 Å². The highest BCUT2D eigenvalue weighted by molar-refractivity contribution is 5.86. The molecule has 0 aliphatic rings. The highest BCUT2D eigenvalue weighted by Gasteiger charge is 2.09. The van der Waals surface area contributed by atoms with Gasteiger partial charge in [0, 0.05) is 23.7 Å². The van der Waals surface area contributed by atoms with Crippen LogP contribution in [0.1, 0.15) is 0 Å². The summed E-state index contributed by atoms with van der Waals surface area (Å²) in [6, 6.07) is 4.27. The number of benzene rings is 1. The van der Waals surface area contributed by atoms with E-state index in [0.29, 0.717) is 10.9 Å². The monoisotopic (exact) mass is 241 g/mol. The van der Waals surface area contributed by atoms with Gasteiger partial charge in [0.1, 0.15) is 0 Å². The van der Waals surface area contributed by atoms with Crippen molar-refractivity contribution < 1.29 is 4.92 Å². The third-order valence-corrected chi connectivity index (χ3v) is 1.95. The van der Waals surface area contributed by atoms with Crippen molar-refractivity contribution in [2.24, 2.45) is 5.73 Å². The van der Waals surface area contributed by atoms with Crippen molar-refractivity contribution in [1.29, 1.82) is 5.41 Å². The number of hydrogen-bond donors (Lipinski definition) is 2. The van der Waals surface area contributed by atoms with Crippen molar-refractivity contribution in [3.63, 3.8) is 0 Å². The number of aromatic nitrogens is 2. The van der Waals surface area contributed by atoms with Gasteiger partial charge < -0.3 is 5.73 Å². The Bertz CT molecular complexity index is 553. The van der Waals surface area contributed by atoms with Gasteiger partial charge in [-0.25, -0.2) is 4.68 Å². The number of non-ortho nitro benzene ring substituents is 1. The van der Waals surface area contributed by atoms with Crippen molar-refractivity contribution >= 4 is 35.0 Å². The molecule has 1 heterocycles. The van der Waals surface area contributed by atoms with Crippen LogP contribution < -0.4 is 5.73 Å².